The molecule has 27 heavy (non-hydrogen) atoms. The standard InChI is InChI=1S/C20H23N5O2/c1-12-4-6-13(7-5-12)15-11-16(25-20(22-15)23-19(21)24-25)14-8-9-17(26-2)18(10-14)27-3/h4-10,15-16H,11H2,1-3H3,(H3,21,22,23,24)/t15-,16+/m0/s1. The van der Waals surface area contributed by atoms with Crippen molar-refractivity contribution in [2.45, 2.75) is 25.4 Å². The molecule has 1 aliphatic rings. The maximum absolute atomic E-state index is 5.88. The minimum atomic E-state index is -0.0165. The molecule has 0 fully saturated rings. The number of methoxy groups -OCH3 is 2. The van der Waals surface area contributed by atoms with Crippen LogP contribution in [0.1, 0.15) is 35.2 Å². The number of hydrogen-bond donors (Lipinski definition) is 2. The first-order valence-corrected chi connectivity index (χ1v) is 8.86. The molecule has 0 amide bonds. The van der Waals surface area contributed by atoms with Crippen molar-refractivity contribution in [2.75, 3.05) is 25.3 Å². The van der Waals surface area contributed by atoms with Gasteiger partial charge >= 0.3 is 0 Å². The van der Waals surface area contributed by atoms with Crippen LogP contribution in [0.3, 0.4) is 0 Å². The van der Waals surface area contributed by atoms with Crippen LogP contribution in [-0.2, 0) is 0 Å². The van der Waals surface area contributed by atoms with Crippen molar-refractivity contribution in [3.63, 3.8) is 0 Å². The zero-order valence-electron chi connectivity index (χ0n) is 15.6. The van der Waals surface area contributed by atoms with Crippen molar-refractivity contribution in [1.29, 1.82) is 0 Å². The Bertz CT molecular complexity index is 952. The van der Waals surface area contributed by atoms with E-state index in [1.54, 1.807) is 14.2 Å². The lowest BCUT2D eigenvalue weighted by Gasteiger charge is -2.32. The van der Waals surface area contributed by atoms with E-state index in [-0.39, 0.29) is 18.0 Å². The second kappa shape index (κ2) is 6.83. The Morgan fingerprint density at radius 2 is 1.74 bits per heavy atom. The van der Waals surface area contributed by atoms with Crippen LogP contribution in [0.4, 0.5) is 11.9 Å². The third-order valence-electron chi connectivity index (χ3n) is 4.98. The van der Waals surface area contributed by atoms with Crippen LogP contribution < -0.4 is 20.5 Å². The van der Waals surface area contributed by atoms with E-state index in [0.29, 0.717) is 17.4 Å². The monoisotopic (exact) mass is 365 g/mol. The maximum Gasteiger partial charge on any atom is 0.241 e. The summed E-state index contributed by atoms with van der Waals surface area (Å²) in [5.74, 6) is 2.32. The maximum atomic E-state index is 5.88. The van der Waals surface area contributed by atoms with Gasteiger partial charge in [-0.05, 0) is 36.6 Å². The molecule has 2 atom stereocenters. The molecule has 0 bridgehead atoms. The third-order valence-corrected chi connectivity index (χ3v) is 4.98. The Morgan fingerprint density at radius 1 is 1.04 bits per heavy atom. The number of nitrogens with zero attached hydrogens (tertiary/aromatic N) is 3. The minimum Gasteiger partial charge on any atom is -0.493 e. The molecule has 2 heterocycles. The Kier molecular flexibility index (Phi) is 4.35. The van der Waals surface area contributed by atoms with E-state index in [1.807, 2.05) is 22.9 Å². The van der Waals surface area contributed by atoms with Crippen molar-refractivity contribution in [1.82, 2.24) is 14.8 Å². The number of hydrogen-bond acceptors (Lipinski definition) is 6. The molecule has 7 nitrogen and oxygen atoms in total. The number of anilines is 2. The third kappa shape index (κ3) is 3.16. The van der Waals surface area contributed by atoms with Crippen molar-refractivity contribution >= 4 is 11.9 Å². The molecule has 3 N–H and O–H groups in total. The summed E-state index contributed by atoms with van der Waals surface area (Å²) in [5.41, 5.74) is 9.39. The number of aryl methyl sites for hydroxylation is 1. The Labute approximate surface area is 158 Å². The van der Waals surface area contributed by atoms with Gasteiger partial charge in [-0.25, -0.2) is 4.68 Å². The van der Waals surface area contributed by atoms with Crippen molar-refractivity contribution in [3.05, 3.63) is 59.2 Å². The van der Waals surface area contributed by atoms with Gasteiger partial charge in [0.1, 0.15) is 0 Å². The smallest absolute Gasteiger partial charge is 0.241 e. The summed E-state index contributed by atoms with van der Waals surface area (Å²) in [7, 11) is 3.27. The number of fused-ring (bicyclic) bond motifs is 1. The number of nitrogen functional groups attached to an aromatic ring is 1. The molecule has 0 saturated heterocycles. The van der Waals surface area contributed by atoms with E-state index in [4.69, 9.17) is 15.2 Å². The zero-order valence-corrected chi connectivity index (χ0v) is 15.6. The van der Waals surface area contributed by atoms with Gasteiger partial charge in [0.2, 0.25) is 11.9 Å². The van der Waals surface area contributed by atoms with Gasteiger partial charge in [-0.3, -0.25) is 0 Å². The normalized spacial score (nSPS) is 18.5. The number of ether oxygens (including phenoxy) is 2. The quantitative estimate of drug-likeness (QED) is 0.737. The second-order valence-corrected chi connectivity index (χ2v) is 6.71. The van der Waals surface area contributed by atoms with Crippen LogP contribution in [-0.4, -0.2) is 29.0 Å². The van der Waals surface area contributed by atoms with Crippen LogP contribution in [0.5, 0.6) is 11.5 Å². The van der Waals surface area contributed by atoms with Gasteiger partial charge in [0.25, 0.3) is 0 Å². The van der Waals surface area contributed by atoms with E-state index in [9.17, 15) is 0 Å². The predicted molar refractivity (Wildman–Crippen MR) is 104 cm³/mol. The molecule has 0 spiro atoms. The Balaban J connectivity index is 1.75. The molecule has 7 heteroatoms. The highest BCUT2D eigenvalue weighted by Gasteiger charge is 2.31. The fourth-order valence-corrected chi connectivity index (χ4v) is 3.55. The van der Waals surface area contributed by atoms with Gasteiger partial charge in [0, 0.05) is 0 Å². The van der Waals surface area contributed by atoms with Crippen LogP contribution in [0, 0.1) is 6.92 Å². The summed E-state index contributed by atoms with van der Waals surface area (Å²) >= 11 is 0. The molecule has 4 rings (SSSR count). The second-order valence-electron chi connectivity index (χ2n) is 6.71. The highest BCUT2D eigenvalue weighted by molar-refractivity contribution is 5.47. The van der Waals surface area contributed by atoms with Gasteiger partial charge in [0.05, 0.1) is 26.3 Å². The van der Waals surface area contributed by atoms with Crippen molar-refractivity contribution < 1.29 is 9.47 Å². The van der Waals surface area contributed by atoms with E-state index >= 15 is 0 Å². The van der Waals surface area contributed by atoms with E-state index in [1.165, 1.54) is 11.1 Å². The highest BCUT2D eigenvalue weighted by Crippen LogP contribution is 2.40. The molecular weight excluding hydrogens is 342 g/mol. The Morgan fingerprint density at radius 3 is 2.44 bits per heavy atom. The molecule has 0 unspecified atom stereocenters. The molecule has 2 aromatic carbocycles. The largest absolute Gasteiger partial charge is 0.493 e. The minimum absolute atomic E-state index is 0.0165. The summed E-state index contributed by atoms with van der Waals surface area (Å²) in [6, 6.07) is 14.6. The summed E-state index contributed by atoms with van der Waals surface area (Å²) in [6.45, 7) is 2.09. The molecule has 1 aromatic heterocycles. The first-order valence-electron chi connectivity index (χ1n) is 8.86. The first kappa shape index (κ1) is 17.2. The summed E-state index contributed by atoms with van der Waals surface area (Å²) in [4.78, 5) is 4.36. The van der Waals surface area contributed by atoms with Gasteiger partial charge < -0.3 is 20.5 Å². The number of nitrogens with two attached hydrogens (primary N) is 1. The molecule has 140 valence electrons. The number of rotatable bonds is 4. The summed E-state index contributed by atoms with van der Waals surface area (Å²) < 4.78 is 12.7. The van der Waals surface area contributed by atoms with Crippen LogP contribution in [0.2, 0.25) is 0 Å². The van der Waals surface area contributed by atoms with Crippen LogP contribution in [0.25, 0.3) is 0 Å². The van der Waals surface area contributed by atoms with E-state index in [2.05, 4.69) is 46.6 Å². The van der Waals surface area contributed by atoms with Crippen LogP contribution in [0.15, 0.2) is 42.5 Å². The highest BCUT2D eigenvalue weighted by atomic mass is 16.5. The molecular formula is C20H23N5O2. The van der Waals surface area contributed by atoms with Gasteiger partial charge in [-0.2, -0.15) is 4.98 Å². The average molecular weight is 365 g/mol. The number of benzene rings is 2. The van der Waals surface area contributed by atoms with Crippen molar-refractivity contribution in [3.8, 4) is 11.5 Å². The predicted octanol–water partition coefficient (Wildman–Crippen LogP) is 3.33. The average Bonchev–Trinajstić information content (AvgIpc) is 3.07. The molecule has 0 aliphatic carbocycles. The first-order chi connectivity index (χ1) is 13.1. The van der Waals surface area contributed by atoms with Crippen LogP contribution >= 0.6 is 0 Å². The zero-order chi connectivity index (χ0) is 19.0. The van der Waals surface area contributed by atoms with E-state index in [0.717, 1.165) is 12.0 Å². The van der Waals surface area contributed by atoms with Crippen molar-refractivity contribution in [2.24, 2.45) is 0 Å². The molecule has 3 aromatic rings. The lowest BCUT2D eigenvalue weighted by atomic mass is 9.93. The van der Waals surface area contributed by atoms with Gasteiger partial charge in [0.15, 0.2) is 11.5 Å². The van der Waals surface area contributed by atoms with Gasteiger partial charge in [-0.1, -0.05) is 35.9 Å². The molecule has 0 saturated carbocycles. The SMILES string of the molecule is COc1ccc([C@H]2C[C@@H](c3ccc(C)cc3)Nc3nc(N)nn32)cc1OC. The molecule has 1 aliphatic heterocycles. The molecule has 0 radical (unpaired) electrons. The number of aromatic nitrogens is 3. The summed E-state index contributed by atoms with van der Waals surface area (Å²) in [5, 5.41) is 7.86. The fraction of sp³-hybridized carbons (Fsp3) is 0.300. The fourth-order valence-electron chi connectivity index (χ4n) is 3.55. The van der Waals surface area contributed by atoms with Gasteiger partial charge in [-0.15, -0.1) is 5.10 Å². The lowest BCUT2D eigenvalue weighted by molar-refractivity contribution is 0.352. The van der Waals surface area contributed by atoms with E-state index < -0.39 is 0 Å². The lowest BCUT2D eigenvalue weighted by Crippen LogP contribution is -2.28. The number of nitrogens with one attached hydrogen (secondary N) is 1. The topological polar surface area (TPSA) is 87.2 Å². The Hall–Kier alpha value is -3.22. The summed E-state index contributed by atoms with van der Waals surface area (Å²) in [6.07, 6.45) is 0.814.